The third-order valence-corrected chi connectivity index (χ3v) is 5.98. The lowest BCUT2D eigenvalue weighted by molar-refractivity contribution is 0.0865. The van der Waals surface area contributed by atoms with Crippen molar-refractivity contribution < 1.29 is 13.2 Å². The lowest BCUT2D eigenvalue weighted by Gasteiger charge is -2.16. The Balaban J connectivity index is 2.07. The lowest BCUT2D eigenvalue weighted by atomic mass is 10.1. The highest BCUT2D eigenvalue weighted by Gasteiger charge is 2.41. The molecule has 1 amide bonds. The molecule has 4 nitrogen and oxygen atoms in total. The average molecular weight is 413 g/mol. The van der Waals surface area contributed by atoms with Gasteiger partial charge in [0, 0.05) is 3.57 Å². The number of benzene rings is 2. The van der Waals surface area contributed by atoms with E-state index in [-0.39, 0.29) is 17.0 Å². The number of halogens is 1. The number of sulfonamides is 1. The smallest absolute Gasteiger partial charge is 0.268 e. The highest BCUT2D eigenvalue weighted by molar-refractivity contribution is 14.1. The first-order valence-electron chi connectivity index (χ1n) is 6.32. The first-order valence-corrected chi connectivity index (χ1v) is 8.84. The second kappa shape index (κ2) is 5.10. The number of amides is 1. The van der Waals surface area contributed by atoms with Crippen LogP contribution in [0.3, 0.4) is 0 Å². The molecule has 0 spiro atoms. The minimum absolute atomic E-state index is 0.0686. The van der Waals surface area contributed by atoms with Crippen LogP contribution in [0.15, 0.2) is 47.4 Å². The normalized spacial score (nSPS) is 16.1. The van der Waals surface area contributed by atoms with Crippen molar-refractivity contribution in [3.63, 3.8) is 0 Å². The number of carbonyl (C=O) groups is 1. The van der Waals surface area contributed by atoms with Crippen LogP contribution in [0.25, 0.3) is 0 Å². The van der Waals surface area contributed by atoms with Crippen LogP contribution < -0.4 is 0 Å². The van der Waals surface area contributed by atoms with Crippen molar-refractivity contribution in [3.05, 3.63) is 62.7 Å². The van der Waals surface area contributed by atoms with Crippen molar-refractivity contribution in [1.82, 2.24) is 4.31 Å². The Morgan fingerprint density at radius 1 is 1.14 bits per heavy atom. The number of rotatable bonds is 2. The quantitative estimate of drug-likeness (QED) is 0.712. The number of hydrogen-bond acceptors (Lipinski definition) is 3. The van der Waals surface area contributed by atoms with Gasteiger partial charge in [-0.3, -0.25) is 4.79 Å². The van der Waals surface area contributed by atoms with E-state index in [9.17, 15) is 13.2 Å². The molecule has 21 heavy (non-hydrogen) atoms. The molecule has 0 aliphatic carbocycles. The maximum atomic E-state index is 12.6. The van der Waals surface area contributed by atoms with Crippen LogP contribution in [0.4, 0.5) is 0 Å². The second-order valence-corrected chi connectivity index (χ2v) is 7.96. The van der Waals surface area contributed by atoms with Gasteiger partial charge in [-0.05, 0) is 58.8 Å². The Morgan fingerprint density at radius 2 is 1.86 bits per heavy atom. The van der Waals surface area contributed by atoms with Gasteiger partial charge < -0.3 is 0 Å². The molecule has 0 aromatic heterocycles. The van der Waals surface area contributed by atoms with Crippen molar-refractivity contribution >= 4 is 38.5 Å². The zero-order valence-corrected chi connectivity index (χ0v) is 14.2. The Bertz CT molecular complexity index is 846. The number of aryl methyl sites for hydroxylation is 1. The molecule has 1 aliphatic heterocycles. The van der Waals surface area contributed by atoms with Gasteiger partial charge in [-0.1, -0.05) is 24.3 Å². The third-order valence-electron chi connectivity index (χ3n) is 3.54. The first kappa shape index (κ1) is 14.5. The average Bonchev–Trinajstić information content (AvgIpc) is 2.62. The van der Waals surface area contributed by atoms with Crippen LogP contribution in [0.2, 0.25) is 0 Å². The van der Waals surface area contributed by atoms with E-state index in [4.69, 9.17) is 0 Å². The van der Waals surface area contributed by atoms with Gasteiger partial charge in [0.2, 0.25) is 0 Å². The summed E-state index contributed by atoms with van der Waals surface area (Å²) in [6.45, 7) is 1.97. The zero-order valence-electron chi connectivity index (χ0n) is 11.2. The van der Waals surface area contributed by atoms with E-state index in [2.05, 4.69) is 0 Å². The Labute approximate surface area is 137 Å². The van der Waals surface area contributed by atoms with Crippen LogP contribution in [0, 0.1) is 10.5 Å². The molecular formula is C15H12INO3S. The Kier molecular flexibility index (Phi) is 3.53. The Morgan fingerprint density at radius 3 is 2.57 bits per heavy atom. The molecule has 6 heteroatoms. The van der Waals surface area contributed by atoms with E-state index >= 15 is 0 Å². The summed E-state index contributed by atoms with van der Waals surface area (Å²) in [7, 11) is -3.75. The summed E-state index contributed by atoms with van der Waals surface area (Å²) in [5.41, 5.74) is 2.05. The largest absolute Gasteiger partial charge is 0.269 e. The first-order chi connectivity index (χ1) is 9.91. The fourth-order valence-electron chi connectivity index (χ4n) is 2.35. The van der Waals surface area contributed by atoms with Crippen molar-refractivity contribution in [2.24, 2.45) is 0 Å². The molecule has 0 bridgehead atoms. The summed E-state index contributed by atoms with van der Waals surface area (Å²) in [5, 5.41) is 0. The summed E-state index contributed by atoms with van der Waals surface area (Å²) in [5.74, 6) is -0.454. The molecule has 0 atom stereocenters. The van der Waals surface area contributed by atoms with Crippen LogP contribution >= 0.6 is 22.6 Å². The van der Waals surface area contributed by atoms with E-state index in [0.717, 1.165) is 19.0 Å². The molecule has 1 heterocycles. The van der Waals surface area contributed by atoms with Gasteiger partial charge in [-0.25, -0.2) is 12.7 Å². The molecule has 3 rings (SSSR count). The maximum absolute atomic E-state index is 12.6. The highest BCUT2D eigenvalue weighted by atomic mass is 127. The fraction of sp³-hybridized carbons (Fsp3) is 0.133. The van der Waals surface area contributed by atoms with Crippen molar-refractivity contribution in [3.8, 4) is 0 Å². The standard InChI is InChI=1S/C15H12INO3S/c1-10-4-2-3-5-11(10)9-17-15(18)13-7-6-12(16)8-14(13)21(17,19)20/h2-8H,9H2,1H3. The van der Waals surface area contributed by atoms with Gasteiger partial charge in [0.15, 0.2) is 0 Å². The number of fused-ring (bicyclic) bond motifs is 1. The molecular weight excluding hydrogens is 401 g/mol. The van der Waals surface area contributed by atoms with Crippen molar-refractivity contribution in [2.45, 2.75) is 18.4 Å². The summed E-state index contributed by atoms with van der Waals surface area (Å²) < 4.78 is 26.9. The Hall–Kier alpha value is -1.41. The predicted molar refractivity (Wildman–Crippen MR) is 87.4 cm³/mol. The van der Waals surface area contributed by atoms with Crippen molar-refractivity contribution in [2.75, 3.05) is 0 Å². The molecule has 2 aromatic rings. The van der Waals surface area contributed by atoms with Gasteiger partial charge in [0.05, 0.1) is 12.1 Å². The molecule has 108 valence electrons. The number of carbonyl (C=O) groups excluding carboxylic acids is 1. The van der Waals surface area contributed by atoms with Gasteiger partial charge in [0.1, 0.15) is 4.90 Å². The van der Waals surface area contributed by atoms with Crippen molar-refractivity contribution in [1.29, 1.82) is 0 Å². The topological polar surface area (TPSA) is 54.5 Å². The van der Waals surface area contributed by atoms with Gasteiger partial charge >= 0.3 is 0 Å². The van der Waals surface area contributed by atoms with E-state index < -0.39 is 15.9 Å². The number of nitrogens with zero attached hydrogens (tertiary/aromatic N) is 1. The van der Waals surface area contributed by atoms with Crippen LogP contribution in [-0.4, -0.2) is 18.6 Å². The van der Waals surface area contributed by atoms with Crippen LogP contribution in [0.5, 0.6) is 0 Å². The summed E-state index contributed by atoms with van der Waals surface area (Å²) >= 11 is 2.04. The second-order valence-electron chi connectivity index (χ2n) is 4.88. The molecule has 0 fully saturated rings. The molecule has 0 unspecified atom stereocenters. The molecule has 0 N–H and O–H groups in total. The van der Waals surface area contributed by atoms with E-state index in [1.54, 1.807) is 18.2 Å². The van der Waals surface area contributed by atoms with Crippen LogP contribution in [0.1, 0.15) is 21.5 Å². The van der Waals surface area contributed by atoms with Gasteiger partial charge in [-0.15, -0.1) is 0 Å². The molecule has 0 radical (unpaired) electrons. The van der Waals surface area contributed by atoms with E-state index in [1.807, 2.05) is 53.8 Å². The lowest BCUT2D eigenvalue weighted by Crippen LogP contribution is -2.29. The highest BCUT2D eigenvalue weighted by Crippen LogP contribution is 2.32. The van der Waals surface area contributed by atoms with Gasteiger partial charge in [0.25, 0.3) is 15.9 Å². The van der Waals surface area contributed by atoms with E-state index in [1.165, 1.54) is 0 Å². The minimum atomic E-state index is -3.75. The van der Waals surface area contributed by atoms with Gasteiger partial charge in [-0.2, -0.15) is 0 Å². The zero-order chi connectivity index (χ0) is 15.2. The van der Waals surface area contributed by atoms with Crippen LogP contribution in [-0.2, 0) is 16.6 Å². The fourth-order valence-corrected chi connectivity index (χ4v) is 4.62. The van der Waals surface area contributed by atoms with E-state index in [0.29, 0.717) is 0 Å². The monoisotopic (exact) mass is 413 g/mol. The molecule has 2 aromatic carbocycles. The summed E-state index contributed by atoms with van der Waals surface area (Å²) in [6.07, 6.45) is 0. The molecule has 0 saturated heterocycles. The number of hydrogen-bond donors (Lipinski definition) is 0. The third kappa shape index (κ3) is 2.36. The maximum Gasteiger partial charge on any atom is 0.269 e. The minimum Gasteiger partial charge on any atom is -0.268 e. The SMILES string of the molecule is Cc1ccccc1CN1C(=O)c2ccc(I)cc2S1(=O)=O. The predicted octanol–water partition coefficient (Wildman–Crippen LogP) is 2.94. The molecule has 0 saturated carbocycles. The summed E-state index contributed by atoms with van der Waals surface area (Å²) in [4.78, 5) is 12.5. The summed E-state index contributed by atoms with van der Waals surface area (Å²) in [6, 6.07) is 12.3. The molecule has 1 aliphatic rings.